The summed E-state index contributed by atoms with van der Waals surface area (Å²) in [5.41, 5.74) is 4.94. The van der Waals surface area contributed by atoms with Crippen molar-refractivity contribution in [3.63, 3.8) is 0 Å². The van der Waals surface area contributed by atoms with Crippen LogP contribution in [0.1, 0.15) is 27.2 Å². The van der Waals surface area contributed by atoms with E-state index in [-0.39, 0.29) is 12.3 Å². The molecular weight excluding hydrogens is 214 g/mol. The SMILES string of the molecule is CC(C)CNC(=S)NNC(=O)CC(C)O. The molecule has 1 unspecified atom stereocenters. The topological polar surface area (TPSA) is 73.4 Å². The summed E-state index contributed by atoms with van der Waals surface area (Å²) >= 11 is 4.90. The van der Waals surface area contributed by atoms with Gasteiger partial charge in [-0.25, -0.2) is 0 Å². The standard InChI is InChI=1S/C9H19N3O2S/c1-6(2)5-10-9(15)12-11-8(14)4-7(3)13/h6-7,13H,4-5H2,1-3H3,(H,11,14)(H2,10,12,15). The number of rotatable bonds is 4. The first-order valence-electron chi connectivity index (χ1n) is 4.92. The lowest BCUT2D eigenvalue weighted by Crippen LogP contribution is -2.48. The predicted molar refractivity (Wildman–Crippen MR) is 63.0 cm³/mol. The Kier molecular flexibility index (Phi) is 6.98. The van der Waals surface area contributed by atoms with Crippen LogP contribution >= 0.6 is 12.2 Å². The molecule has 0 aliphatic carbocycles. The molecule has 88 valence electrons. The Hall–Kier alpha value is -0.880. The number of hydrogen-bond donors (Lipinski definition) is 4. The largest absolute Gasteiger partial charge is 0.393 e. The van der Waals surface area contributed by atoms with Gasteiger partial charge in [0.15, 0.2) is 5.11 Å². The number of carbonyl (C=O) groups is 1. The summed E-state index contributed by atoms with van der Waals surface area (Å²) in [5.74, 6) is 0.191. The molecule has 0 aromatic heterocycles. The number of amides is 1. The smallest absolute Gasteiger partial charge is 0.240 e. The van der Waals surface area contributed by atoms with Gasteiger partial charge in [-0.05, 0) is 25.1 Å². The van der Waals surface area contributed by atoms with Gasteiger partial charge in [0.05, 0.1) is 12.5 Å². The van der Waals surface area contributed by atoms with Crippen LogP contribution in [-0.4, -0.2) is 28.8 Å². The third kappa shape index (κ3) is 9.42. The van der Waals surface area contributed by atoms with Crippen molar-refractivity contribution in [2.24, 2.45) is 5.92 Å². The summed E-state index contributed by atoms with van der Waals surface area (Å²) in [5, 5.41) is 12.2. The first-order chi connectivity index (χ1) is 6.91. The molecule has 0 rings (SSSR count). The van der Waals surface area contributed by atoms with E-state index in [4.69, 9.17) is 17.3 Å². The highest BCUT2D eigenvalue weighted by molar-refractivity contribution is 7.80. The Morgan fingerprint density at radius 1 is 1.33 bits per heavy atom. The second-order valence-electron chi connectivity index (χ2n) is 3.83. The molecule has 15 heavy (non-hydrogen) atoms. The molecule has 0 aliphatic rings. The molecule has 0 heterocycles. The van der Waals surface area contributed by atoms with Gasteiger partial charge in [-0.15, -0.1) is 0 Å². The fourth-order valence-electron chi connectivity index (χ4n) is 0.787. The highest BCUT2D eigenvalue weighted by Crippen LogP contribution is 1.88. The molecule has 0 aromatic carbocycles. The van der Waals surface area contributed by atoms with Crippen LogP contribution in [0.3, 0.4) is 0 Å². The van der Waals surface area contributed by atoms with Gasteiger partial charge in [-0.2, -0.15) is 0 Å². The quantitative estimate of drug-likeness (QED) is 0.403. The fraction of sp³-hybridized carbons (Fsp3) is 0.778. The van der Waals surface area contributed by atoms with E-state index in [0.717, 1.165) is 6.54 Å². The Morgan fingerprint density at radius 3 is 2.40 bits per heavy atom. The van der Waals surface area contributed by atoms with Crippen molar-refractivity contribution in [2.45, 2.75) is 33.3 Å². The maximum absolute atomic E-state index is 11.1. The Labute approximate surface area is 95.6 Å². The van der Waals surface area contributed by atoms with Crippen LogP contribution in [0.4, 0.5) is 0 Å². The van der Waals surface area contributed by atoms with Crippen molar-refractivity contribution in [1.29, 1.82) is 0 Å². The van der Waals surface area contributed by atoms with Gasteiger partial charge in [0, 0.05) is 6.54 Å². The number of hydrazine groups is 1. The van der Waals surface area contributed by atoms with Gasteiger partial charge in [0.1, 0.15) is 0 Å². The van der Waals surface area contributed by atoms with E-state index in [0.29, 0.717) is 11.0 Å². The van der Waals surface area contributed by atoms with Crippen LogP contribution in [0.5, 0.6) is 0 Å². The third-order valence-electron chi connectivity index (χ3n) is 1.47. The van der Waals surface area contributed by atoms with Gasteiger partial charge < -0.3 is 10.4 Å². The maximum Gasteiger partial charge on any atom is 0.240 e. The van der Waals surface area contributed by atoms with E-state index in [9.17, 15) is 4.79 Å². The third-order valence-corrected chi connectivity index (χ3v) is 1.71. The first-order valence-corrected chi connectivity index (χ1v) is 5.33. The molecule has 4 N–H and O–H groups in total. The molecule has 1 amide bonds. The fourth-order valence-corrected chi connectivity index (χ4v) is 0.921. The number of thiocarbonyl (C=S) groups is 1. The van der Waals surface area contributed by atoms with Crippen molar-refractivity contribution in [1.82, 2.24) is 16.2 Å². The Morgan fingerprint density at radius 2 is 1.93 bits per heavy atom. The van der Waals surface area contributed by atoms with E-state index in [1.165, 1.54) is 0 Å². The number of aliphatic hydroxyl groups is 1. The minimum Gasteiger partial charge on any atom is -0.393 e. The van der Waals surface area contributed by atoms with E-state index >= 15 is 0 Å². The second-order valence-corrected chi connectivity index (χ2v) is 4.24. The van der Waals surface area contributed by atoms with Crippen LogP contribution in [0.25, 0.3) is 0 Å². The normalized spacial score (nSPS) is 12.1. The monoisotopic (exact) mass is 233 g/mol. The molecule has 0 bridgehead atoms. The van der Waals surface area contributed by atoms with Gasteiger partial charge >= 0.3 is 0 Å². The molecule has 0 fully saturated rings. The predicted octanol–water partition coefficient (Wildman–Crippen LogP) is -0.0914. The van der Waals surface area contributed by atoms with Crippen molar-refractivity contribution < 1.29 is 9.90 Å². The summed E-state index contributed by atoms with van der Waals surface area (Å²) in [6, 6.07) is 0. The Balaban J connectivity index is 3.58. The van der Waals surface area contributed by atoms with Gasteiger partial charge in [-0.1, -0.05) is 13.8 Å². The van der Waals surface area contributed by atoms with Crippen molar-refractivity contribution in [3.8, 4) is 0 Å². The van der Waals surface area contributed by atoms with E-state index in [1.807, 2.05) is 0 Å². The lowest BCUT2D eigenvalue weighted by Gasteiger charge is -2.13. The van der Waals surface area contributed by atoms with Gasteiger partial charge in [0.2, 0.25) is 5.91 Å². The highest BCUT2D eigenvalue weighted by atomic mass is 32.1. The molecular formula is C9H19N3O2S. The van der Waals surface area contributed by atoms with Crippen LogP contribution < -0.4 is 16.2 Å². The lowest BCUT2D eigenvalue weighted by atomic mass is 10.2. The van der Waals surface area contributed by atoms with E-state index in [1.54, 1.807) is 6.92 Å². The number of carbonyl (C=O) groups excluding carboxylic acids is 1. The average molecular weight is 233 g/mol. The van der Waals surface area contributed by atoms with Crippen LogP contribution in [0.15, 0.2) is 0 Å². The second kappa shape index (κ2) is 7.42. The zero-order chi connectivity index (χ0) is 11.8. The van der Waals surface area contributed by atoms with Gasteiger partial charge in [0.25, 0.3) is 0 Å². The average Bonchev–Trinajstić information content (AvgIpc) is 2.10. The van der Waals surface area contributed by atoms with E-state index in [2.05, 4.69) is 30.0 Å². The van der Waals surface area contributed by atoms with Gasteiger partial charge in [-0.3, -0.25) is 15.6 Å². The molecule has 6 heteroatoms. The summed E-state index contributed by atoms with van der Waals surface area (Å²) < 4.78 is 0. The molecule has 0 radical (unpaired) electrons. The number of aliphatic hydroxyl groups excluding tert-OH is 1. The first kappa shape index (κ1) is 14.1. The molecule has 0 aliphatic heterocycles. The number of nitrogens with one attached hydrogen (secondary N) is 3. The van der Waals surface area contributed by atoms with E-state index < -0.39 is 6.10 Å². The van der Waals surface area contributed by atoms with Crippen LogP contribution in [0, 0.1) is 5.92 Å². The highest BCUT2D eigenvalue weighted by Gasteiger charge is 2.05. The molecule has 0 saturated carbocycles. The van der Waals surface area contributed by atoms with Crippen molar-refractivity contribution >= 4 is 23.2 Å². The van der Waals surface area contributed by atoms with Crippen LogP contribution in [-0.2, 0) is 4.79 Å². The van der Waals surface area contributed by atoms with Crippen LogP contribution in [0.2, 0.25) is 0 Å². The molecule has 0 spiro atoms. The minimum absolute atomic E-state index is 0.0554. The maximum atomic E-state index is 11.1. The molecule has 0 aromatic rings. The summed E-state index contributed by atoms with van der Waals surface area (Å²) in [6.07, 6.45) is -0.594. The number of hydrogen-bond acceptors (Lipinski definition) is 3. The molecule has 1 atom stereocenters. The Bertz CT molecular complexity index is 219. The molecule has 0 saturated heterocycles. The minimum atomic E-state index is -0.649. The summed E-state index contributed by atoms with van der Waals surface area (Å²) in [7, 11) is 0. The zero-order valence-corrected chi connectivity index (χ0v) is 10.1. The lowest BCUT2D eigenvalue weighted by molar-refractivity contribution is -0.123. The summed E-state index contributed by atoms with van der Waals surface area (Å²) in [4.78, 5) is 11.1. The van der Waals surface area contributed by atoms with Crippen molar-refractivity contribution in [2.75, 3.05) is 6.54 Å². The summed E-state index contributed by atoms with van der Waals surface area (Å²) in [6.45, 7) is 6.41. The molecule has 5 nitrogen and oxygen atoms in total. The zero-order valence-electron chi connectivity index (χ0n) is 9.33. The van der Waals surface area contributed by atoms with Crippen molar-refractivity contribution in [3.05, 3.63) is 0 Å².